The molecule has 72 heavy (non-hydrogen) atoms. The van der Waals surface area contributed by atoms with E-state index in [1.165, 1.54) is 78.9 Å². The smallest absolute Gasteiger partial charge is 0.338 e. The summed E-state index contributed by atoms with van der Waals surface area (Å²) in [6.45, 7) is 2.51. The van der Waals surface area contributed by atoms with Crippen LogP contribution in [-0.4, -0.2) is 111 Å². The highest BCUT2D eigenvalue weighted by Crippen LogP contribution is 2.34. The maximum Gasteiger partial charge on any atom is 0.338 e. The maximum absolute atomic E-state index is 14.1. The summed E-state index contributed by atoms with van der Waals surface area (Å²) in [5, 5.41) is 0. The van der Waals surface area contributed by atoms with Crippen molar-refractivity contribution >= 4 is 35.8 Å². The number of esters is 6. The molecule has 8 rings (SSSR count). The van der Waals surface area contributed by atoms with E-state index in [1.54, 1.807) is 109 Å². The first-order chi connectivity index (χ1) is 35.2. The molecule has 6 aromatic carbocycles. The topological polar surface area (TPSA) is 195 Å². The van der Waals surface area contributed by atoms with Gasteiger partial charge in [0.05, 0.1) is 53.2 Å². The summed E-state index contributed by atoms with van der Waals surface area (Å²) in [5.74, 6) is -5.14. The second kappa shape index (κ2) is 24.5. The fourth-order valence-electron chi connectivity index (χ4n) is 7.77. The van der Waals surface area contributed by atoms with Crippen LogP contribution < -0.4 is 0 Å². The first-order valence-electron chi connectivity index (χ1n) is 22.8. The Bertz CT molecular complexity index is 2760. The van der Waals surface area contributed by atoms with E-state index in [2.05, 4.69) is 6.58 Å². The fourth-order valence-corrected chi connectivity index (χ4v) is 7.77. The largest absolute Gasteiger partial charge is 0.452 e. The molecule has 0 unspecified atom stereocenters. The zero-order valence-electron chi connectivity index (χ0n) is 38.5. The molecule has 0 N–H and O–H groups in total. The Balaban J connectivity index is 1.17. The summed E-state index contributed by atoms with van der Waals surface area (Å²) in [4.78, 5) is 83.4. The lowest BCUT2D eigenvalue weighted by atomic mass is 9.97. The van der Waals surface area contributed by atoms with Crippen molar-refractivity contribution in [2.75, 3.05) is 19.8 Å². The molecule has 0 aromatic heterocycles. The monoisotopic (exact) mass is 976 g/mol. The van der Waals surface area contributed by atoms with E-state index < -0.39 is 104 Å². The molecule has 0 saturated carbocycles. The van der Waals surface area contributed by atoms with E-state index in [0.29, 0.717) is 0 Å². The summed E-state index contributed by atoms with van der Waals surface area (Å²) in [5.41, 5.74) is 0.770. The van der Waals surface area contributed by atoms with Crippen molar-refractivity contribution in [1.82, 2.24) is 0 Å². The Morgan fingerprint density at radius 3 is 1.10 bits per heavy atom. The van der Waals surface area contributed by atoms with Crippen LogP contribution >= 0.6 is 0 Å². The van der Waals surface area contributed by atoms with E-state index in [-0.39, 0.29) is 40.0 Å². The predicted molar refractivity (Wildman–Crippen MR) is 254 cm³/mol. The number of carbonyl (C=O) groups is 6. The van der Waals surface area contributed by atoms with Gasteiger partial charge in [-0.1, -0.05) is 115 Å². The molecule has 6 aromatic rings. The van der Waals surface area contributed by atoms with Crippen molar-refractivity contribution in [3.63, 3.8) is 0 Å². The Labute approximate surface area is 413 Å². The molecular formula is C56H48O16. The minimum absolute atomic E-state index is 0.107. The van der Waals surface area contributed by atoms with Gasteiger partial charge < -0.3 is 47.4 Å². The number of carbonyl (C=O) groups excluding carboxylic acids is 6. The van der Waals surface area contributed by atoms with Gasteiger partial charge in [0.15, 0.2) is 49.2 Å². The molecule has 2 aliphatic heterocycles. The standard InChI is InChI=1S/C56H48O16/c1-2-33-63-56-48(72-54(62)41-31-19-8-20-32-41)46(70-52(60)39-27-15-6-16-28-39)44(68-50(58)37-23-11-4-12-24-37)43(67-56)35-65-55-47(71-53(61)40-29-17-7-18-30-40)45(69-51(59)38-25-13-5-14-26-38)42(34-64-55)66-49(57)36-21-9-3-10-22-36/h2-32,42-48,55-56H,1,33-35H2/t42-,43+,44+,45-,46-,47+,48+,55-,56+/m0/s1. The van der Waals surface area contributed by atoms with Crippen molar-refractivity contribution in [2.24, 2.45) is 0 Å². The van der Waals surface area contributed by atoms with Crippen molar-refractivity contribution < 1.29 is 76.1 Å². The van der Waals surface area contributed by atoms with E-state index in [4.69, 9.17) is 47.4 Å². The van der Waals surface area contributed by atoms with Gasteiger partial charge in [-0.25, -0.2) is 28.8 Å². The lowest BCUT2D eigenvalue weighted by molar-refractivity contribution is -0.316. The van der Waals surface area contributed by atoms with Crippen LogP contribution in [0.15, 0.2) is 195 Å². The van der Waals surface area contributed by atoms with Crippen molar-refractivity contribution in [3.05, 3.63) is 228 Å². The van der Waals surface area contributed by atoms with Crippen LogP contribution in [0.3, 0.4) is 0 Å². The average molecular weight is 977 g/mol. The van der Waals surface area contributed by atoms with Gasteiger partial charge in [-0.3, -0.25) is 0 Å². The van der Waals surface area contributed by atoms with Gasteiger partial charge in [0.2, 0.25) is 0 Å². The van der Waals surface area contributed by atoms with Crippen LogP contribution in [0.4, 0.5) is 0 Å². The van der Waals surface area contributed by atoms with Crippen molar-refractivity contribution in [2.45, 2.75) is 55.3 Å². The molecule has 2 aliphatic rings. The van der Waals surface area contributed by atoms with Crippen LogP contribution in [-0.2, 0) is 47.4 Å². The summed E-state index contributed by atoms with van der Waals surface area (Å²) >= 11 is 0. The molecule has 2 saturated heterocycles. The van der Waals surface area contributed by atoms with Crippen LogP contribution in [0.1, 0.15) is 62.1 Å². The number of ether oxygens (including phenoxy) is 10. The minimum atomic E-state index is -1.67. The second-order valence-corrected chi connectivity index (χ2v) is 16.2. The van der Waals surface area contributed by atoms with Crippen LogP contribution in [0.25, 0.3) is 0 Å². The van der Waals surface area contributed by atoms with Crippen LogP contribution in [0.2, 0.25) is 0 Å². The third-order valence-electron chi connectivity index (χ3n) is 11.3. The second-order valence-electron chi connectivity index (χ2n) is 16.2. The van der Waals surface area contributed by atoms with Crippen molar-refractivity contribution in [3.8, 4) is 0 Å². The summed E-state index contributed by atoms with van der Waals surface area (Å²) in [6, 6.07) is 47.9. The first kappa shape index (κ1) is 50.1. The van der Waals surface area contributed by atoms with Crippen molar-refractivity contribution in [1.29, 1.82) is 0 Å². The van der Waals surface area contributed by atoms with Gasteiger partial charge >= 0.3 is 35.8 Å². The first-order valence-corrected chi connectivity index (χ1v) is 22.8. The Kier molecular flexibility index (Phi) is 17.1. The molecule has 0 aliphatic carbocycles. The van der Waals surface area contributed by atoms with Crippen LogP contribution in [0, 0.1) is 0 Å². The zero-order valence-corrected chi connectivity index (χ0v) is 38.5. The molecule has 2 fully saturated rings. The molecule has 0 radical (unpaired) electrons. The van der Waals surface area contributed by atoms with Gasteiger partial charge in [0, 0.05) is 0 Å². The van der Waals surface area contributed by atoms with Gasteiger partial charge in [-0.2, -0.15) is 0 Å². The number of hydrogen-bond donors (Lipinski definition) is 0. The molecule has 368 valence electrons. The molecule has 0 bridgehead atoms. The third-order valence-corrected chi connectivity index (χ3v) is 11.3. The van der Waals surface area contributed by atoms with Crippen LogP contribution in [0.5, 0.6) is 0 Å². The van der Waals surface area contributed by atoms with Gasteiger partial charge in [0.1, 0.15) is 6.10 Å². The van der Waals surface area contributed by atoms with E-state index in [0.717, 1.165) is 0 Å². The lowest BCUT2D eigenvalue weighted by Gasteiger charge is -2.45. The Morgan fingerprint density at radius 1 is 0.403 bits per heavy atom. The summed E-state index contributed by atoms with van der Waals surface area (Å²) in [7, 11) is 0. The molecule has 16 heteroatoms. The SMILES string of the molecule is C=CCO[C@@H]1O[C@H](CO[C@@H]2OC[C@H](OC(=O)c3ccccc3)[C@H](OC(=O)c3ccccc3)[C@H]2OC(=O)c2ccccc2)[C@@H](OC(=O)c2ccccc2)[C@H](OC(=O)c2ccccc2)[C@H]1OC(=O)c1ccccc1. The quantitative estimate of drug-likeness (QED) is 0.0463. The molecule has 2 heterocycles. The number of benzene rings is 6. The highest BCUT2D eigenvalue weighted by molar-refractivity contribution is 5.92. The maximum atomic E-state index is 14.1. The van der Waals surface area contributed by atoms with E-state index >= 15 is 0 Å². The van der Waals surface area contributed by atoms with Gasteiger partial charge in [-0.15, -0.1) is 6.58 Å². The van der Waals surface area contributed by atoms with E-state index in [9.17, 15) is 28.8 Å². The molecular weight excluding hydrogens is 929 g/mol. The van der Waals surface area contributed by atoms with Gasteiger partial charge in [-0.05, 0) is 72.8 Å². The Morgan fingerprint density at radius 2 is 0.722 bits per heavy atom. The summed E-state index contributed by atoms with van der Waals surface area (Å²) < 4.78 is 61.7. The minimum Gasteiger partial charge on any atom is -0.452 e. The normalized spacial score (nSPS) is 22.5. The molecule has 9 atom stereocenters. The van der Waals surface area contributed by atoms with Gasteiger partial charge in [0.25, 0.3) is 0 Å². The highest BCUT2D eigenvalue weighted by Gasteiger charge is 2.55. The Hall–Kier alpha value is -8.28. The predicted octanol–water partition coefficient (Wildman–Crippen LogP) is 7.64. The van der Waals surface area contributed by atoms with E-state index in [1.807, 2.05) is 0 Å². The highest BCUT2D eigenvalue weighted by atomic mass is 16.8. The molecule has 16 nitrogen and oxygen atoms in total. The fraction of sp³-hybridized carbons (Fsp3) is 0.214. The third kappa shape index (κ3) is 12.7. The summed E-state index contributed by atoms with van der Waals surface area (Å²) in [6.07, 6.45) is -12.7. The molecule has 0 amide bonds. The molecule has 0 spiro atoms. The number of rotatable bonds is 18. The number of hydrogen-bond acceptors (Lipinski definition) is 16. The zero-order chi connectivity index (χ0) is 50.2. The lowest BCUT2D eigenvalue weighted by Crippen LogP contribution is -2.64. The average Bonchev–Trinajstić information content (AvgIpc) is 3.43.